The Bertz CT molecular complexity index is 380. The molecule has 0 unspecified atom stereocenters. The third-order valence-corrected chi connectivity index (χ3v) is 4.58. The van der Waals surface area contributed by atoms with Crippen LogP contribution >= 0.6 is 15.9 Å². The molecule has 0 aliphatic heterocycles. The largest absolute Gasteiger partial charge is 0.506 e. The van der Waals surface area contributed by atoms with E-state index in [1.165, 1.54) is 6.42 Å². The number of hydrogen-bond acceptors (Lipinski definition) is 2. The van der Waals surface area contributed by atoms with E-state index in [2.05, 4.69) is 15.9 Å². The maximum atomic E-state index is 10.1. The van der Waals surface area contributed by atoms with Gasteiger partial charge in [0.2, 0.25) is 0 Å². The van der Waals surface area contributed by atoms with Crippen LogP contribution in [0.5, 0.6) is 5.75 Å². The van der Waals surface area contributed by atoms with E-state index in [4.69, 9.17) is 5.73 Å². The maximum Gasteiger partial charge on any atom is 0.133 e. The van der Waals surface area contributed by atoms with Gasteiger partial charge in [-0.05, 0) is 41.3 Å². The minimum atomic E-state index is 0.0281. The first-order valence-corrected chi connectivity index (χ1v) is 6.09. The van der Waals surface area contributed by atoms with E-state index in [1.54, 1.807) is 0 Å². The van der Waals surface area contributed by atoms with Crippen molar-refractivity contribution in [2.24, 2.45) is 5.73 Å². The molecule has 0 bridgehead atoms. The molecule has 1 fully saturated rings. The topological polar surface area (TPSA) is 46.2 Å². The van der Waals surface area contributed by atoms with Gasteiger partial charge in [0.15, 0.2) is 0 Å². The van der Waals surface area contributed by atoms with Crippen LogP contribution in [0.2, 0.25) is 0 Å². The molecule has 0 atom stereocenters. The van der Waals surface area contributed by atoms with Crippen LogP contribution in [0, 0.1) is 6.92 Å². The minimum Gasteiger partial charge on any atom is -0.506 e. The lowest BCUT2D eigenvalue weighted by molar-refractivity contribution is 0.244. The van der Waals surface area contributed by atoms with E-state index in [9.17, 15) is 5.11 Å². The molecule has 1 aliphatic rings. The standard InChI is InChI=1S/C12H16BrNO/c1-8-3-4-9(11(15)10(8)13)12(7-14)5-2-6-12/h3-4,15H,2,5-7,14H2,1H3. The third-order valence-electron chi connectivity index (χ3n) is 3.58. The molecule has 3 N–H and O–H groups in total. The average Bonchev–Trinajstić information content (AvgIpc) is 2.17. The first-order valence-electron chi connectivity index (χ1n) is 5.29. The molecule has 2 nitrogen and oxygen atoms in total. The van der Waals surface area contributed by atoms with Gasteiger partial charge in [-0.3, -0.25) is 0 Å². The van der Waals surface area contributed by atoms with E-state index in [1.807, 2.05) is 19.1 Å². The summed E-state index contributed by atoms with van der Waals surface area (Å²) in [6, 6.07) is 4.05. The summed E-state index contributed by atoms with van der Waals surface area (Å²) in [6.45, 7) is 2.60. The van der Waals surface area contributed by atoms with Crippen LogP contribution in [0.3, 0.4) is 0 Å². The molecule has 1 saturated carbocycles. The zero-order valence-corrected chi connectivity index (χ0v) is 10.5. The summed E-state index contributed by atoms with van der Waals surface area (Å²) in [5.74, 6) is 0.375. The lowest BCUT2D eigenvalue weighted by Gasteiger charge is -2.42. The molecule has 0 spiro atoms. The van der Waals surface area contributed by atoms with Crippen molar-refractivity contribution in [1.29, 1.82) is 0 Å². The van der Waals surface area contributed by atoms with E-state index in [0.29, 0.717) is 12.3 Å². The highest BCUT2D eigenvalue weighted by Gasteiger charge is 2.39. The van der Waals surface area contributed by atoms with Crippen LogP contribution in [0.4, 0.5) is 0 Å². The van der Waals surface area contributed by atoms with Crippen LogP contribution in [-0.4, -0.2) is 11.7 Å². The lowest BCUT2D eigenvalue weighted by atomic mass is 9.64. The third kappa shape index (κ3) is 1.58. The van der Waals surface area contributed by atoms with Crippen LogP contribution in [-0.2, 0) is 5.41 Å². The summed E-state index contributed by atoms with van der Waals surface area (Å²) in [5, 5.41) is 10.1. The van der Waals surface area contributed by atoms with Crippen LogP contribution in [0.25, 0.3) is 0 Å². The van der Waals surface area contributed by atoms with Crippen LogP contribution in [0.1, 0.15) is 30.4 Å². The monoisotopic (exact) mass is 269 g/mol. The number of rotatable bonds is 2. The van der Waals surface area contributed by atoms with E-state index in [-0.39, 0.29) is 5.41 Å². The van der Waals surface area contributed by atoms with Crippen molar-refractivity contribution in [2.45, 2.75) is 31.6 Å². The van der Waals surface area contributed by atoms with Crippen molar-refractivity contribution in [3.8, 4) is 5.75 Å². The number of phenolic OH excluding ortho intramolecular Hbond substituents is 1. The predicted molar refractivity (Wildman–Crippen MR) is 65.1 cm³/mol. The van der Waals surface area contributed by atoms with Crippen molar-refractivity contribution >= 4 is 15.9 Å². The molecule has 82 valence electrons. The van der Waals surface area contributed by atoms with Gasteiger partial charge < -0.3 is 10.8 Å². The number of phenols is 1. The Hall–Kier alpha value is -0.540. The zero-order valence-electron chi connectivity index (χ0n) is 8.89. The lowest BCUT2D eigenvalue weighted by Crippen LogP contribution is -2.41. The van der Waals surface area contributed by atoms with Crippen LogP contribution in [0.15, 0.2) is 16.6 Å². The second-order valence-corrected chi connectivity index (χ2v) is 5.22. The molecule has 1 aromatic carbocycles. The van der Waals surface area contributed by atoms with Gasteiger partial charge in [-0.2, -0.15) is 0 Å². The molecule has 3 heteroatoms. The summed E-state index contributed by atoms with van der Waals surface area (Å²) >= 11 is 3.41. The van der Waals surface area contributed by atoms with Gasteiger partial charge in [0.25, 0.3) is 0 Å². The first kappa shape index (κ1) is 11.0. The Morgan fingerprint density at radius 1 is 1.47 bits per heavy atom. The van der Waals surface area contributed by atoms with E-state index < -0.39 is 0 Å². The Kier molecular flexibility index (Phi) is 2.77. The number of hydrogen-bond donors (Lipinski definition) is 2. The number of aryl methyl sites for hydroxylation is 1. The Balaban J connectivity index is 2.49. The fourth-order valence-electron chi connectivity index (χ4n) is 2.28. The molecule has 0 heterocycles. The molecule has 1 aromatic rings. The molecule has 0 saturated heterocycles. The minimum absolute atomic E-state index is 0.0281. The summed E-state index contributed by atoms with van der Waals surface area (Å²) in [4.78, 5) is 0. The molecule has 0 radical (unpaired) electrons. The van der Waals surface area contributed by atoms with Gasteiger partial charge in [-0.1, -0.05) is 18.6 Å². The van der Waals surface area contributed by atoms with E-state index in [0.717, 1.165) is 28.4 Å². The van der Waals surface area contributed by atoms with Crippen molar-refractivity contribution < 1.29 is 5.11 Å². The van der Waals surface area contributed by atoms with Crippen molar-refractivity contribution in [3.05, 3.63) is 27.7 Å². The fraction of sp³-hybridized carbons (Fsp3) is 0.500. The summed E-state index contributed by atoms with van der Waals surface area (Å²) in [5.41, 5.74) is 7.93. The summed E-state index contributed by atoms with van der Waals surface area (Å²) in [7, 11) is 0. The zero-order chi connectivity index (χ0) is 11.1. The first-order chi connectivity index (χ1) is 7.10. The average molecular weight is 270 g/mol. The molecule has 2 rings (SSSR count). The molecule has 1 aliphatic carbocycles. The van der Waals surface area contributed by atoms with Crippen LogP contribution < -0.4 is 5.73 Å². The Labute approximate surface area is 98.6 Å². The quantitative estimate of drug-likeness (QED) is 0.868. The second-order valence-electron chi connectivity index (χ2n) is 4.43. The van der Waals surface area contributed by atoms with Gasteiger partial charge in [0, 0.05) is 17.5 Å². The molecule has 0 amide bonds. The smallest absolute Gasteiger partial charge is 0.133 e. The van der Waals surface area contributed by atoms with Gasteiger partial charge in [0.05, 0.1) is 4.47 Å². The second kappa shape index (κ2) is 3.80. The van der Waals surface area contributed by atoms with Gasteiger partial charge >= 0.3 is 0 Å². The summed E-state index contributed by atoms with van der Waals surface area (Å²) in [6.07, 6.45) is 3.39. The van der Waals surface area contributed by atoms with Gasteiger partial charge in [-0.25, -0.2) is 0 Å². The maximum absolute atomic E-state index is 10.1. The molecule has 0 aromatic heterocycles. The number of halogens is 1. The number of nitrogens with two attached hydrogens (primary N) is 1. The highest BCUT2D eigenvalue weighted by Crippen LogP contribution is 2.48. The number of benzene rings is 1. The SMILES string of the molecule is Cc1ccc(C2(CN)CCC2)c(O)c1Br. The highest BCUT2D eigenvalue weighted by molar-refractivity contribution is 9.10. The number of aromatic hydroxyl groups is 1. The Morgan fingerprint density at radius 3 is 2.60 bits per heavy atom. The molecular formula is C12H16BrNO. The van der Waals surface area contributed by atoms with Crippen molar-refractivity contribution in [1.82, 2.24) is 0 Å². The molecular weight excluding hydrogens is 254 g/mol. The van der Waals surface area contributed by atoms with Crippen molar-refractivity contribution in [2.75, 3.05) is 6.54 Å². The normalized spacial score (nSPS) is 18.6. The van der Waals surface area contributed by atoms with Gasteiger partial charge in [0.1, 0.15) is 5.75 Å². The van der Waals surface area contributed by atoms with Gasteiger partial charge in [-0.15, -0.1) is 0 Å². The van der Waals surface area contributed by atoms with E-state index >= 15 is 0 Å². The Morgan fingerprint density at radius 2 is 2.13 bits per heavy atom. The highest BCUT2D eigenvalue weighted by atomic mass is 79.9. The summed E-state index contributed by atoms with van der Waals surface area (Å²) < 4.78 is 0.805. The van der Waals surface area contributed by atoms with Crippen molar-refractivity contribution in [3.63, 3.8) is 0 Å². The molecule has 15 heavy (non-hydrogen) atoms. The predicted octanol–water partition coefficient (Wildman–Crippen LogP) is 2.84. The fourth-order valence-corrected chi connectivity index (χ4v) is 2.63.